The zero-order chi connectivity index (χ0) is 26.8. The molecule has 1 aliphatic carbocycles. The standard InChI is InChI=1S/C34H36FNO3/c35-16-4-17-36-21-24(22-36)19-23-10-12-25(13-11-23)33-28-15-14-27(34(37)38)20-26(28)5-1-7-31(33)29-6-2-9-32-30(29)8-3-18-39-32/h2,6,9-15,20,24H,1,3-5,7-8,16-19,21-22H2,(H,37,38). The van der Waals surface area contributed by atoms with Crippen molar-refractivity contribution in [2.24, 2.45) is 5.92 Å². The second-order valence-electron chi connectivity index (χ2n) is 11.2. The SMILES string of the molecule is O=C(O)c1ccc2c(c1)CCCC(c1cccc3c1CCCO3)=C2c1ccc(CC2CN(CCCF)C2)cc1. The van der Waals surface area contributed by atoms with Crippen molar-refractivity contribution in [3.8, 4) is 5.75 Å². The zero-order valence-corrected chi connectivity index (χ0v) is 22.4. The number of allylic oxidation sites excluding steroid dienone is 1. The molecule has 6 rings (SSSR count). The van der Waals surface area contributed by atoms with Crippen molar-refractivity contribution in [3.05, 3.63) is 99.6 Å². The molecule has 0 atom stereocenters. The van der Waals surface area contributed by atoms with Crippen LogP contribution in [0.2, 0.25) is 0 Å². The van der Waals surface area contributed by atoms with E-state index in [4.69, 9.17) is 4.74 Å². The van der Waals surface area contributed by atoms with E-state index in [-0.39, 0.29) is 6.67 Å². The van der Waals surface area contributed by atoms with Crippen LogP contribution in [0.25, 0.3) is 11.1 Å². The summed E-state index contributed by atoms with van der Waals surface area (Å²) in [5.74, 6) is 0.743. The number of rotatable bonds is 8. The van der Waals surface area contributed by atoms with Crippen LogP contribution in [-0.4, -0.2) is 48.9 Å². The fourth-order valence-corrected chi connectivity index (χ4v) is 6.60. The summed E-state index contributed by atoms with van der Waals surface area (Å²) in [6.45, 7) is 3.49. The zero-order valence-electron chi connectivity index (χ0n) is 22.4. The first-order valence-corrected chi connectivity index (χ1v) is 14.3. The lowest BCUT2D eigenvalue weighted by molar-refractivity contribution is 0.0696. The third-order valence-electron chi connectivity index (χ3n) is 8.49. The Morgan fingerprint density at radius 3 is 2.62 bits per heavy atom. The van der Waals surface area contributed by atoms with Crippen molar-refractivity contribution in [1.29, 1.82) is 0 Å². The monoisotopic (exact) mass is 525 g/mol. The van der Waals surface area contributed by atoms with E-state index in [0.717, 1.165) is 81.6 Å². The van der Waals surface area contributed by atoms with E-state index in [2.05, 4.69) is 47.4 Å². The molecule has 0 spiro atoms. The number of aromatic carboxylic acids is 1. The number of fused-ring (bicyclic) bond motifs is 2. The van der Waals surface area contributed by atoms with Gasteiger partial charge in [-0.05, 0) is 108 Å². The Bertz CT molecular complexity index is 1390. The van der Waals surface area contributed by atoms with Crippen molar-refractivity contribution >= 4 is 17.1 Å². The molecule has 0 saturated carbocycles. The second kappa shape index (κ2) is 11.4. The molecule has 39 heavy (non-hydrogen) atoms. The normalized spacial score (nSPS) is 17.6. The van der Waals surface area contributed by atoms with E-state index in [1.165, 1.54) is 33.4 Å². The van der Waals surface area contributed by atoms with E-state index >= 15 is 0 Å². The lowest BCUT2D eigenvalue weighted by atomic mass is 9.84. The molecule has 1 fully saturated rings. The average Bonchev–Trinajstić information content (AvgIpc) is 3.13. The Hall–Kier alpha value is -3.44. The van der Waals surface area contributed by atoms with Gasteiger partial charge in [0.25, 0.3) is 0 Å². The second-order valence-corrected chi connectivity index (χ2v) is 11.2. The predicted molar refractivity (Wildman–Crippen MR) is 153 cm³/mol. The van der Waals surface area contributed by atoms with Crippen LogP contribution >= 0.6 is 0 Å². The maximum absolute atomic E-state index is 12.5. The quantitative estimate of drug-likeness (QED) is 0.350. The Morgan fingerprint density at radius 2 is 1.82 bits per heavy atom. The first kappa shape index (κ1) is 25.8. The number of ether oxygens (including phenoxy) is 1. The summed E-state index contributed by atoms with van der Waals surface area (Å²) >= 11 is 0. The van der Waals surface area contributed by atoms with Crippen LogP contribution in [0, 0.1) is 5.92 Å². The van der Waals surface area contributed by atoms with Gasteiger partial charge >= 0.3 is 5.97 Å². The number of carboxylic acid groups (broad SMARTS) is 1. The molecule has 0 amide bonds. The van der Waals surface area contributed by atoms with Gasteiger partial charge in [-0.25, -0.2) is 4.79 Å². The number of benzene rings is 3. The van der Waals surface area contributed by atoms with Crippen molar-refractivity contribution in [2.75, 3.05) is 32.9 Å². The molecule has 5 heteroatoms. The molecule has 1 saturated heterocycles. The van der Waals surface area contributed by atoms with Gasteiger partial charge in [0.1, 0.15) is 5.75 Å². The molecule has 202 valence electrons. The number of hydrogen-bond donors (Lipinski definition) is 1. The summed E-state index contributed by atoms with van der Waals surface area (Å²) in [6, 6.07) is 21.0. The summed E-state index contributed by atoms with van der Waals surface area (Å²) in [5.41, 5.74) is 10.2. The van der Waals surface area contributed by atoms with Crippen LogP contribution in [0.4, 0.5) is 4.39 Å². The van der Waals surface area contributed by atoms with Crippen LogP contribution in [0.15, 0.2) is 60.7 Å². The summed E-state index contributed by atoms with van der Waals surface area (Å²) in [5, 5.41) is 9.64. The van der Waals surface area contributed by atoms with Crippen LogP contribution in [0.1, 0.15) is 69.4 Å². The fourth-order valence-electron chi connectivity index (χ4n) is 6.60. The molecule has 0 aromatic heterocycles. The molecular formula is C34H36FNO3. The number of halogens is 1. The van der Waals surface area contributed by atoms with Crippen molar-refractivity contribution in [3.63, 3.8) is 0 Å². The molecule has 3 aromatic rings. The molecule has 2 heterocycles. The predicted octanol–water partition coefficient (Wildman–Crippen LogP) is 6.84. The van der Waals surface area contributed by atoms with Gasteiger partial charge < -0.3 is 14.7 Å². The van der Waals surface area contributed by atoms with Gasteiger partial charge in [-0.2, -0.15) is 0 Å². The molecule has 0 bridgehead atoms. The van der Waals surface area contributed by atoms with E-state index in [9.17, 15) is 14.3 Å². The van der Waals surface area contributed by atoms with Gasteiger partial charge in [0.2, 0.25) is 0 Å². The summed E-state index contributed by atoms with van der Waals surface area (Å²) in [4.78, 5) is 14.1. The first-order valence-electron chi connectivity index (χ1n) is 14.3. The minimum Gasteiger partial charge on any atom is -0.493 e. The van der Waals surface area contributed by atoms with Gasteiger partial charge in [0.15, 0.2) is 0 Å². The Balaban J connectivity index is 1.38. The largest absolute Gasteiger partial charge is 0.493 e. The van der Waals surface area contributed by atoms with Gasteiger partial charge in [-0.1, -0.05) is 42.5 Å². The number of aryl methyl sites for hydroxylation is 1. The van der Waals surface area contributed by atoms with Crippen LogP contribution < -0.4 is 4.74 Å². The molecule has 3 aromatic carbocycles. The van der Waals surface area contributed by atoms with Crippen molar-refractivity contribution < 1.29 is 19.0 Å². The van der Waals surface area contributed by atoms with Gasteiger partial charge in [0, 0.05) is 25.2 Å². The number of hydrogen-bond acceptors (Lipinski definition) is 3. The summed E-state index contributed by atoms with van der Waals surface area (Å²) < 4.78 is 18.5. The minimum absolute atomic E-state index is 0.236. The highest BCUT2D eigenvalue weighted by Crippen LogP contribution is 2.43. The number of carbonyl (C=O) groups is 1. The van der Waals surface area contributed by atoms with E-state index in [1.807, 2.05) is 12.1 Å². The van der Waals surface area contributed by atoms with Gasteiger partial charge in [0.05, 0.1) is 18.8 Å². The van der Waals surface area contributed by atoms with Crippen molar-refractivity contribution in [1.82, 2.24) is 4.90 Å². The van der Waals surface area contributed by atoms with Crippen molar-refractivity contribution in [2.45, 2.75) is 44.9 Å². The Kier molecular flexibility index (Phi) is 7.51. The topological polar surface area (TPSA) is 49.8 Å². The highest BCUT2D eigenvalue weighted by Gasteiger charge is 2.27. The van der Waals surface area contributed by atoms with Gasteiger partial charge in [-0.3, -0.25) is 4.39 Å². The molecular weight excluding hydrogens is 489 g/mol. The third kappa shape index (κ3) is 5.38. The number of alkyl halides is 1. The number of nitrogens with zero attached hydrogens (tertiary/aromatic N) is 1. The summed E-state index contributed by atoms with van der Waals surface area (Å²) in [7, 11) is 0. The smallest absolute Gasteiger partial charge is 0.335 e. The lowest BCUT2D eigenvalue weighted by Gasteiger charge is -2.39. The average molecular weight is 526 g/mol. The first-order chi connectivity index (χ1) is 19.1. The van der Waals surface area contributed by atoms with E-state index < -0.39 is 5.97 Å². The molecule has 0 radical (unpaired) electrons. The Morgan fingerprint density at radius 1 is 0.974 bits per heavy atom. The van der Waals surface area contributed by atoms with Crippen LogP contribution in [0.3, 0.4) is 0 Å². The van der Waals surface area contributed by atoms with E-state index in [0.29, 0.717) is 17.9 Å². The van der Waals surface area contributed by atoms with Crippen LogP contribution in [0.5, 0.6) is 5.75 Å². The lowest BCUT2D eigenvalue weighted by Crippen LogP contribution is -2.47. The molecule has 0 unspecified atom stereocenters. The molecule has 1 N–H and O–H groups in total. The number of carboxylic acids is 1. The maximum atomic E-state index is 12.5. The number of likely N-dealkylation sites (tertiary alicyclic amines) is 1. The summed E-state index contributed by atoms with van der Waals surface area (Å²) in [6.07, 6.45) is 6.46. The van der Waals surface area contributed by atoms with Crippen LogP contribution in [-0.2, 0) is 19.3 Å². The molecule has 2 aliphatic heterocycles. The third-order valence-corrected chi connectivity index (χ3v) is 8.49. The van der Waals surface area contributed by atoms with Gasteiger partial charge in [-0.15, -0.1) is 0 Å². The highest BCUT2D eigenvalue weighted by molar-refractivity contribution is 6.01. The molecule has 3 aliphatic rings. The van der Waals surface area contributed by atoms with E-state index in [1.54, 1.807) is 6.07 Å². The molecule has 4 nitrogen and oxygen atoms in total. The maximum Gasteiger partial charge on any atom is 0.335 e. The fraction of sp³-hybridized carbons (Fsp3) is 0.382. The Labute approximate surface area is 230 Å². The highest BCUT2D eigenvalue weighted by atomic mass is 19.1. The minimum atomic E-state index is -0.884.